The summed E-state index contributed by atoms with van der Waals surface area (Å²) in [5, 5.41) is 0. The number of Topliss-reactive ketones (excluding diaryl/α,β-unsaturated/α-hetero) is 1. The zero-order valence-electron chi connectivity index (χ0n) is 9.56. The highest BCUT2D eigenvalue weighted by atomic mass is 16.1. The molecular formula is C14H18NO+. The van der Waals surface area contributed by atoms with Crippen molar-refractivity contribution >= 4 is 5.78 Å². The highest BCUT2D eigenvalue weighted by molar-refractivity contribution is 5.80. The van der Waals surface area contributed by atoms with Gasteiger partial charge in [0, 0.05) is 24.3 Å². The Morgan fingerprint density at radius 1 is 1.25 bits per heavy atom. The van der Waals surface area contributed by atoms with Gasteiger partial charge in [0.05, 0.1) is 13.1 Å². The minimum atomic E-state index is 0.477. The predicted octanol–water partition coefficient (Wildman–Crippen LogP) is 2.00. The third-order valence-electron chi connectivity index (χ3n) is 4.05. The second-order valence-electron chi connectivity index (χ2n) is 5.45. The molecule has 2 fully saturated rings. The summed E-state index contributed by atoms with van der Waals surface area (Å²) in [4.78, 5) is 11.7. The van der Waals surface area contributed by atoms with E-state index in [0.717, 1.165) is 24.0 Å². The predicted molar refractivity (Wildman–Crippen MR) is 62.7 cm³/mol. The largest absolute Gasteiger partial charge is 0.313 e. The second kappa shape index (κ2) is 3.70. The Morgan fingerprint density at radius 2 is 2.06 bits per heavy atom. The number of piperidine rings is 1. The van der Waals surface area contributed by atoms with Crippen molar-refractivity contribution in [1.29, 1.82) is 0 Å². The molecule has 1 aromatic carbocycles. The average Bonchev–Trinajstić information content (AvgIpc) is 2.55. The van der Waals surface area contributed by atoms with Crippen LogP contribution in [0.15, 0.2) is 30.3 Å². The molecule has 3 rings (SSSR count). The van der Waals surface area contributed by atoms with Crippen molar-refractivity contribution in [3.63, 3.8) is 0 Å². The van der Waals surface area contributed by atoms with E-state index in [4.69, 9.17) is 0 Å². The van der Waals surface area contributed by atoms with Crippen molar-refractivity contribution in [3.8, 4) is 0 Å². The number of rotatable bonds is 2. The monoisotopic (exact) mass is 216 g/mol. The number of carbonyl (C=O) groups is 1. The lowest BCUT2D eigenvalue weighted by atomic mass is 9.98. The van der Waals surface area contributed by atoms with E-state index in [0.29, 0.717) is 11.7 Å². The van der Waals surface area contributed by atoms with Gasteiger partial charge in [-0.15, -0.1) is 0 Å². The first-order valence-corrected chi connectivity index (χ1v) is 6.17. The van der Waals surface area contributed by atoms with Crippen LogP contribution in [-0.4, -0.2) is 29.9 Å². The van der Waals surface area contributed by atoms with Crippen LogP contribution in [-0.2, 0) is 11.3 Å². The van der Waals surface area contributed by atoms with Crippen LogP contribution in [0.2, 0.25) is 0 Å². The van der Waals surface area contributed by atoms with Gasteiger partial charge in [-0.05, 0) is 0 Å². The maximum absolute atomic E-state index is 11.7. The fourth-order valence-electron chi connectivity index (χ4n) is 3.43. The molecule has 2 nitrogen and oxygen atoms in total. The van der Waals surface area contributed by atoms with E-state index in [9.17, 15) is 4.79 Å². The minimum Gasteiger partial charge on any atom is -0.313 e. The first kappa shape index (κ1) is 10.0. The first-order chi connectivity index (χ1) is 7.76. The summed E-state index contributed by atoms with van der Waals surface area (Å²) in [5.41, 5.74) is 1.37. The highest BCUT2D eigenvalue weighted by Gasteiger charge is 2.44. The molecule has 0 N–H and O–H groups in total. The van der Waals surface area contributed by atoms with Crippen LogP contribution >= 0.6 is 0 Å². The second-order valence-corrected chi connectivity index (χ2v) is 5.45. The zero-order valence-corrected chi connectivity index (χ0v) is 9.56. The van der Waals surface area contributed by atoms with Gasteiger partial charge in [-0.1, -0.05) is 30.3 Å². The molecule has 2 atom stereocenters. The van der Waals surface area contributed by atoms with Crippen LogP contribution < -0.4 is 0 Å². The van der Waals surface area contributed by atoms with Gasteiger partial charge in [0.1, 0.15) is 13.1 Å². The molecule has 0 amide bonds. The third-order valence-corrected chi connectivity index (χ3v) is 4.05. The van der Waals surface area contributed by atoms with Crippen LogP contribution in [0.4, 0.5) is 0 Å². The fourth-order valence-corrected chi connectivity index (χ4v) is 3.43. The molecule has 0 aliphatic carbocycles. The van der Waals surface area contributed by atoms with E-state index in [1.54, 1.807) is 0 Å². The molecule has 2 aliphatic rings. The molecule has 16 heavy (non-hydrogen) atoms. The van der Waals surface area contributed by atoms with Crippen molar-refractivity contribution in [3.05, 3.63) is 35.9 Å². The van der Waals surface area contributed by atoms with Gasteiger partial charge < -0.3 is 4.48 Å². The molecule has 84 valence electrons. The van der Waals surface area contributed by atoms with Gasteiger partial charge in [-0.2, -0.15) is 0 Å². The summed E-state index contributed by atoms with van der Waals surface area (Å²) in [7, 11) is 0. The lowest BCUT2D eigenvalue weighted by molar-refractivity contribution is -0.925. The van der Waals surface area contributed by atoms with Gasteiger partial charge in [0.2, 0.25) is 0 Å². The van der Waals surface area contributed by atoms with Gasteiger partial charge in [-0.3, -0.25) is 4.79 Å². The summed E-state index contributed by atoms with van der Waals surface area (Å²) in [6.45, 7) is 4.24. The number of nitrogens with zero attached hydrogens (tertiary/aromatic N) is 1. The highest BCUT2D eigenvalue weighted by Crippen LogP contribution is 2.33. The fraction of sp³-hybridized carbons (Fsp3) is 0.500. The number of benzene rings is 1. The number of hydrogen-bond donors (Lipinski definition) is 0. The molecule has 2 heteroatoms. The average molecular weight is 216 g/mol. The van der Waals surface area contributed by atoms with Gasteiger partial charge in [-0.25, -0.2) is 0 Å². The van der Waals surface area contributed by atoms with E-state index in [-0.39, 0.29) is 0 Å². The number of fused-ring (bicyclic) bond motifs is 2. The van der Waals surface area contributed by atoms with E-state index in [1.165, 1.54) is 25.1 Å². The van der Waals surface area contributed by atoms with Crippen molar-refractivity contribution in [2.75, 3.05) is 19.6 Å². The maximum Gasteiger partial charge on any atom is 0.187 e. The quantitative estimate of drug-likeness (QED) is 0.691. The molecule has 0 saturated carbocycles. The lowest BCUT2D eigenvalue weighted by Crippen LogP contribution is -2.51. The molecular weight excluding hydrogens is 198 g/mol. The normalized spacial score (nSPS) is 33.0. The number of quaternary nitrogens is 1. The van der Waals surface area contributed by atoms with E-state index in [2.05, 4.69) is 30.3 Å². The SMILES string of the molecule is O=C1CC2CC[N+](Cc3ccccc3)(C1)C2. The Bertz CT molecular complexity index is 400. The Hall–Kier alpha value is -1.15. The zero-order chi connectivity index (χ0) is 11.0. The smallest absolute Gasteiger partial charge is 0.187 e. The Labute approximate surface area is 96.5 Å². The van der Waals surface area contributed by atoms with Crippen LogP contribution in [0.25, 0.3) is 0 Å². The van der Waals surface area contributed by atoms with Gasteiger partial charge in [0.15, 0.2) is 5.78 Å². The molecule has 0 spiro atoms. The standard InChI is InChI=1S/C14H18NO/c16-14-8-13-6-7-15(10-13,11-14)9-12-4-2-1-3-5-12/h1-5,13H,6-11H2/q+1. The van der Waals surface area contributed by atoms with E-state index in [1.807, 2.05) is 0 Å². The number of carbonyl (C=O) groups excluding carboxylic acids is 1. The van der Waals surface area contributed by atoms with Gasteiger partial charge >= 0.3 is 0 Å². The first-order valence-electron chi connectivity index (χ1n) is 6.17. The molecule has 2 unspecified atom stereocenters. The topological polar surface area (TPSA) is 17.1 Å². The summed E-state index contributed by atoms with van der Waals surface area (Å²) in [6.07, 6.45) is 2.09. The molecule has 0 aromatic heterocycles. The summed E-state index contributed by atoms with van der Waals surface area (Å²) in [6, 6.07) is 10.6. The summed E-state index contributed by atoms with van der Waals surface area (Å²) < 4.78 is 1.02. The van der Waals surface area contributed by atoms with Crippen molar-refractivity contribution in [2.45, 2.75) is 19.4 Å². The van der Waals surface area contributed by atoms with Crippen molar-refractivity contribution in [2.24, 2.45) is 5.92 Å². The van der Waals surface area contributed by atoms with Crippen molar-refractivity contribution < 1.29 is 9.28 Å². The molecule has 2 heterocycles. The van der Waals surface area contributed by atoms with E-state index >= 15 is 0 Å². The van der Waals surface area contributed by atoms with Crippen LogP contribution in [0, 0.1) is 5.92 Å². The molecule has 2 bridgehead atoms. The van der Waals surface area contributed by atoms with Crippen LogP contribution in [0.5, 0.6) is 0 Å². The maximum atomic E-state index is 11.7. The van der Waals surface area contributed by atoms with Crippen molar-refractivity contribution in [1.82, 2.24) is 0 Å². The van der Waals surface area contributed by atoms with Gasteiger partial charge in [0.25, 0.3) is 0 Å². The Morgan fingerprint density at radius 3 is 2.88 bits per heavy atom. The molecule has 0 radical (unpaired) electrons. The number of ketones is 1. The third kappa shape index (κ3) is 1.78. The van der Waals surface area contributed by atoms with E-state index < -0.39 is 0 Å². The number of hydrogen-bond acceptors (Lipinski definition) is 1. The Balaban J connectivity index is 1.81. The molecule has 1 aromatic rings. The molecule has 2 saturated heterocycles. The summed E-state index contributed by atoms with van der Waals surface area (Å²) in [5.74, 6) is 1.15. The minimum absolute atomic E-state index is 0.477. The summed E-state index contributed by atoms with van der Waals surface area (Å²) >= 11 is 0. The Kier molecular flexibility index (Phi) is 2.32. The van der Waals surface area contributed by atoms with Crippen LogP contribution in [0.3, 0.4) is 0 Å². The van der Waals surface area contributed by atoms with Crippen LogP contribution in [0.1, 0.15) is 18.4 Å². The molecule has 2 aliphatic heterocycles. The lowest BCUT2D eigenvalue weighted by Gasteiger charge is -2.36.